The van der Waals surface area contributed by atoms with Gasteiger partial charge < -0.3 is 20.3 Å². The number of halogens is 1. The average molecular weight is 389 g/mol. The van der Waals surface area contributed by atoms with Crippen LogP contribution in [0.15, 0.2) is 29.0 Å². The normalized spacial score (nSPS) is 19.2. The summed E-state index contributed by atoms with van der Waals surface area (Å²) in [4.78, 5) is 34.9. The molecule has 2 aromatic heterocycles. The summed E-state index contributed by atoms with van der Waals surface area (Å²) in [5.41, 5.74) is 8.37. The molecule has 0 aromatic carbocycles. The second-order valence-corrected chi connectivity index (χ2v) is 6.96. The van der Waals surface area contributed by atoms with Crippen LogP contribution < -0.4 is 21.5 Å². The summed E-state index contributed by atoms with van der Waals surface area (Å²) < 4.78 is 16.5. The molecule has 0 radical (unpaired) electrons. The number of nitrogens with zero attached hydrogens (tertiary/aromatic N) is 3. The van der Waals surface area contributed by atoms with Crippen LogP contribution >= 0.6 is 0 Å². The third kappa shape index (κ3) is 3.00. The molecule has 0 bridgehead atoms. The number of nitrogens with one attached hydrogen (secondary N) is 1. The number of hydroxylamine groups is 1. The van der Waals surface area contributed by atoms with Crippen LogP contribution in [0.25, 0.3) is 11.0 Å². The van der Waals surface area contributed by atoms with Crippen LogP contribution in [0, 0.1) is 11.7 Å². The van der Waals surface area contributed by atoms with E-state index in [0.717, 1.165) is 18.9 Å². The van der Waals surface area contributed by atoms with Crippen LogP contribution in [-0.2, 0) is 4.84 Å². The number of hydrogen-bond acceptors (Lipinski definition) is 7. The molecule has 10 heteroatoms. The van der Waals surface area contributed by atoms with E-state index >= 15 is 0 Å². The molecule has 0 saturated heterocycles. The van der Waals surface area contributed by atoms with Crippen molar-refractivity contribution in [1.82, 2.24) is 15.0 Å². The molecular formula is C18H20FN5O4. The number of carbonyl (C=O) groups is 1. The lowest BCUT2D eigenvalue weighted by atomic mass is 10.1. The first-order valence-electron chi connectivity index (χ1n) is 8.90. The Morgan fingerprint density at radius 2 is 2.25 bits per heavy atom. The number of anilines is 1. The van der Waals surface area contributed by atoms with Crippen LogP contribution in [0.5, 0.6) is 0 Å². The molecule has 2 aliphatic rings. The topological polar surface area (TPSA) is 123 Å². The standard InChI is InChI=1S/C18H20FN5O4/c1-28-22-14-8-23(6-9(14)5-20)17-13(19)4-11-15(25)12(18(26)27)7-24(10-2-3-10)16(11)21-17/h4,7-10,22H,2-3,5-6,20H2,1H3,(H,26,27)/t9-/m1/s1. The van der Waals surface area contributed by atoms with Crippen molar-refractivity contribution in [3.63, 3.8) is 0 Å². The highest BCUT2D eigenvalue weighted by atomic mass is 19.1. The number of carboxylic acid groups (broad SMARTS) is 1. The molecule has 1 aliphatic heterocycles. The van der Waals surface area contributed by atoms with Crippen LogP contribution in [0.4, 0.5) is 10.2 Å². The maximum atomic E-state index is 14.9. The third-order valence-electron chi connectivity index (χ3n) is 5.04. The summed E-state index contributed by atoms with van der Waals surface area (Å²) >= 11 is 0. The molecule has 0 unspecified atom stereocenters. The predicted molar refractivity (Wildman–Crippen MR) is 99.3 cm³/mol. The third-order valence-corrected chi connectivity index (χ3v) is 5.04. The number of carboxylic acids is 1. The van der Waals surface area contributed by atoms with Crippen LogP contribution in [0.3, 0.4) is 0 Å². The van der Waals surface area contributed by atoms with Crippen molar-refractivity contribution >= 4 is 22.8 Å². The van der Waals surface area contributed by atoms with Gasteiger partial charge in [-0.1, -0.05) is 0 Å². The Bertz CT molecular complexity index is 1050. The van der Waals surface area contributed by atoms with Crippen LogP contribution in [-0.4, -0.2) is 40.8 Å². The second-order valence-electron chi connectivity index (χ2n) is 6.96. The number of fused-ring (bicyclic) bond motifs is 1. The molecule has 1 aliphatic carbocycles. The molecule has 1 atom stereocenters. The van der Waals surface area contributed by atoms with Crippen molar-refractivity contribution in [1.29, 1.82) is 0 Å². The van der Waals surface area contributed by atoms with Gasteiger partial charge in [0.05, 0.1) is 18.2 Å². The first-order valence-corrected chi connectivity index (χ1v) is 8.90. The highest BCUT2D eigenvalue weighted by molar-refractivity contribution is 5.92. The number of rotatable bonds is 6. The molecule has 4 rings (SSSR count). The molecule has 1 saturated carbocycles. The monoisotopic (exact) mass is 389 g/mol. The van der Waals surface area contributed by atoms with Crippen molar-refractivity contribution in [2.24, 2.45) is 11.7 Å². The lowest BCUT2D eigenvalue weighted by Crippen LogP contribution is -2.28. The van der Waals surface area contributed by atoms with Gasteiger partial charge in [0.25, 0.3) is 0 Å². The largest absolute Gasteiger partial charge is 0.477 e. The quantitative estimate of drug-likeness (QED) is 0.624. The molecule has 1 fully saturated rings. The molecule has 4 N–H and O–H groups in total. The van der Waals surface area contributed by atoms with Gasteiger partial charge in [0, 0.05) is 37.4 Å². The zero-order chi connectivity index (χ0) is 20.0. The van der Waals surface area contributed by atoms with E-state index in [1.807, 2.05) is 0 Å². The van der Waals surface area contributed by atoms with Gasteiger partial charge >= 0.3 is 5.97 Å². The van der Waals surface area contributed by atoms with Crippen LogP contribution in [0.1, 0.15) is 29.2 Å². The fourth-order valence-corrected chi connectivity index (χ4v) is 3.46. The highest BCUT2D eigenvalue weighted by Crippen LogP contribution is 2.37. The summed E-state index contributed by atoms with van der Waals surface area (Å²) in [6, 6.07) is 1.13. The molecule has 148 valence electrons. The van der Waals surface area contributed by atoms with Gasteiger partial charge in [-0.15, -0.1) is 0 Å². The smallest absolute Gasteiger partial charge is 0.341 e. The van der Waals surface area contributed by atoms with Gasteiger partial charge in [-0.2, -0.15) is 0 Å². The lowest BCUT2D eigenvalue weighted by molar-refractivity contribution is 0.0695. The Labute approximate surface area is 159 Å². The van der Waals surface area contributed by atoms with E-state index in [4.69, 9.17) is 10.6 Å². The van der Waals surface area contributed by atoms with E-state index in [0.29, 0.717) is 18.8 Å². The van der Waals surface area contributed by atoms with Gasteiger partial charge in [0.2, 0.25) is 5.43 Å². The fourth-order valence-electron chi connectivity index (χ4n) is 3.46. The average Bonchev–Trinajstić information content (AvgIpc) is 3.42. The molecular weight excluding hydrogens is 369 g/mol. The van der Waals surface area contributed by atoms with Gasteiger partial charge in [-0.05, 0) is 18.9 Å². The first-order chi connectivity index (χ1) is 13.4. The van der Waals surface area contributed by atoms with E-state index in [9.17, 15) is 19.1 Å². The molecule has 0 amide bonds. The zero-order valence-electron chi connectivity index (χ0n) is 15.2. The van der Waals surface area contributed by atoms with Crippen molar-refractivity contribution < 1.29 is 19.1 Å². The Morgan fingerprint density at radius 3 is 2.86 bits per heavy atom. The van der Waals surface area contributed by atoms with E-state index in [2.05, 4.69) is 10.5 Å². The van der Waals surface area contributed by atoms with Gasteiger partial charge in [0.1, 0.15) is 11.2 Å². The van der Waals surface area contributed by atoms with Crippen molar-refractivity contribution in [2.45, 2.75) is 18.9 Å². The van der Waals surface area contributed by atoms with Gasteiger partial charge in [-0.25, -0.2) is 14.2 Å². The van der Waals surface area contributed by atoms with E-state index in [1.54, 1.807) is 15.7 Å². The molecule has 9 nitrogen and oxygen atoms in total. The summed E-state index contributed by atoms with van der Waals surface area (Å²) in [6.07, 6.45) is 4.68. The Kier molecular flexibility index (Phi) is 4.52. The Hall–Kier alpha value is -2.98. The second kappa shape index (κ2) is 6.88. The molecule has 3 heterocycles. The number of aromatic nitrogens is 2. The van der Waals surface area contributed by atoms with E-state index in [1.165, 1.54) is 13.3 Å². The fraction of sp³-hybridized carbons (Fsp3) is 0.389. The van der Waals surface area contributed by atoms with E-state index < -0.39 is 17.2 Å². The lowest BCUT2D eigenvalue weighted by Gasteiger charge is -2.19. The SMILES string of the molecule is CONC1=CN(c2nc3c(cc2F)c(=O)c(C(=O)O)cn3C2CC2)C[C@H]1CN. The first kappa shape index (κ1) is 18.4. The van der Waals surface area contributed by atoms with Gasteiger partial charge in [-0.3, -0.25) is 15.1 Å². The maximum Gasteiger partial charge on any atom is 0.341 e. The Morgan fingerprint density at radius 1 is 1.50 bits per heavy atom. The van der Waals surface area contributed by atoms with Crippen molar-refractivity contribution in [2.75, 3.05) is 25.1 Å². The summed E-state index contributed by atoms with van der Waals surface area (Å²) in [5.74, 6) is -2.08. The molecule has 2 aromatic rings. The van der Waals surface area contributed by atoms with Crippen LogP contribution in [0.2, 0.25) is 0 Å². The number of aromatic carboxylic acids is 1. The number of nitrogens with two attached hydrogens (primary N) is 1. The minimum absolute atomic E-state index is 0.0400. The maximum absolute atomic E-state index is 14.9. The van der Waals surface area contributed by atoms with Crippen molar-refractivity contribution in [3.05, 3.63) is 45.8 Å². The minimum Gasteiger partial charge on any atom is -0.477 e. The minimum atomic E-state index is -1.34. The summed E-state index contributed by atoms with van der Waals surface area (Å²) in [6.45, 7) is 0.737. The van der Waals surface area contributed by atoms with Gasteiger partial charge in [0.15, 0.2) is 11.6 Å². The molecule has 28 heavy (non-hydrogen) atoms. The zero-order valence-corrected chi connectivity index (χ0v) is 15.2. The van der Waals surface area contributed by atoms with Crippen molar-refractivity contribution in [3.8, 4) is 0 Å². The summed E-state index contributed by atoms with van der Waals surface area (Å²) in [7, 11) is 1.47. The highest BCUT2D eigenvalue weighted by Gasteiger charge is 2.31. The number of hydrogen-bond donors (Lipinski definition) is 3. The van der Waals surface area contributed by atoms with E-state index in [-0.39, 0.29) is 34.4 Å². The molecule has 0 spiro atoms. The Balaban J connectivity index is 1.87. The number of pyridine rings is 2. The summed E-state index contributed by atoms with van der Waals surface area (Å²) in [5, 5.41) is 9.27. The predicted octanol–water partition coefficient (Wildman–Crippen LogP) is 0.956.